The highest BCUT2D eigenvalue weighted by Crippen LogP contribution is 2.11. The summed E-state index contributed by atoms with van der Waals surface area (Å²) in [6.07, 6.45) is 4.24. The molecule has 0 bridgehead atoms. The molecule has 0 aromatic rings. The molecule has 0 aliphatic heterocycles. The minimum absolute atomic E-state index is 0.224. The van der Waals surface area contributed by atoms with Gasteiger partial charge in [-0.1, -0.05) is 54.4 Å². The van der Waals surface area contributed by atoms with Crippen molar-refractivity contribution in [2.75, 3.05) is 20.7 Å². The van der Waals surface area contributed by atoms with Gasteiger partial charge < -0.3 is 15.4 Å². The zero-order valence-electron chi connectivity index (χ0n) is 15.0. The van der Waals surface area contributed by atoms with Gasteiger partial charge in [0.2, 0.25) is 0 Å². The maximum Gasteiger partial charge on any atom is 0.407 e. The minimum Gasteiger partial charge on any atom is -0.453 e. The van der Waals surface area contributed by atoms with Gasteiger partial charge in [0.05, 0.1) is 7.11 Å². The van der Waals surface area contributed by atoms with E-state index in [2.05, 4.69) is 29.2 Å². The molecule has 1 unspecified atom stereocenters. The van der Waals surface area contributed by atoms with E-state index in [-0.39, 0.29) is 12.1 Å². The Hall–Kier alpha value is -0.770. The van der Waals surface area contributed by atoms with Crippen molar-refractivity contribution in [3.8, 4) is 0 Å². The van der Waals surface area contributed by atoms with Gasteiger partial charge in [-0.05, 0) is 32.4 Å². The van der Waals surface area contributed by atoms with E-state index >= 15 is 0 Å². The molecule has 0 heterocycles. The fourth-order valence-electron chi connectivity index (χ4n) is 1.63. The molecule has 0 saturated heterocycles. The summed E-state index contributed by atoms with van der Waals surface area (Å²) in [6.45, 7) is 13.3. The Labute approximate surface area is 127 Å². The molecule has 0 aromatic heterocycles. The highest BCUT2D eigenvalue weighted by Gasteiger charge is 2.15. The summed E-state index contributed by atoms with van der Waals surface area (Å²) in [5.74, 6) is 0.448. The van der Waals surface area contributed by atoms with Gasteiger partial charge in [-0.25, -0.2) is 4.79 Å². The van der Waals surface area contributed by atoms with Gasteiger partial charge >= 0.3 is 6.09 Å². The summed E-state index contributed by atoms with van der Waals surface area (Å²) in [7, 11) is 3.37. The molecule has 0 fully saturated rings. The van der Waals surface area contributed by atoms with E-state index in [4.69, 9.17) is 0 Å². The standard InChI is InChI=1S/C12H26N2O2.2C2H6/c1-10(2)11(14-12(15)16-4)8-6-5-7-9-13-3;2*1-2/h10-11,13H,5-9H2,1-4H3,(H,14,15);2*1-2H3. The predicted octanol–water partition coefficient (Wildman–Crippen LogP) is 4.20. The average Bonchev–Trinajstić information content (AvgIpc) is 2.49. The normalized spacial score (nSPS) is 10.7. The number of ether oxygens (including phenoxy) is 1. The van der Waals surface area contributed by atoms with Crippen molar-refractivity contribution in [3.63, 3.8) is 0 Å². The molecule has 20 heavy (non-hydrogen) atoms. The number of rotatable bonds is 8. The molecule has 0 spiro atoms. The van der Waals surface area contributed by atoms with Gasteiger partial charge in [-0.15, -0.1) is 0 Å². The summed E-state index contributed by atoms with van der Waals surface area (Å²) in [5.41, 5.74) is 0. The molecule has 4 nitrogen and oxygen atoms in total. The van der Waals surface area contributed by atoms with Crippen LogP contribution in [0.4, 0.5) is 4.79 Å². The number of hydrogen-bond acceptors (Lipinski definition) is 3. The summed E-state index contributed by atoms with van der Waals surface area (Å²) in [6, 6.07) is 0.224. The third-order valence-corrected chi connectivity index (χ3v) is 2.74. The summed E-state index contributed by atoms with van der Waals surface area (Å²) in [4.78, 5) is 11.1. The summed E-state index contributed by atoms with van der Waals surface area (Å²) < 4.78 is 4.62. The molecule has 4 heteroatoms. The van der Waals surface area contributed by atoms with Crippen LogP contribution < -0.4 is 10.6 Å². The molecule has 0 aromatic carbocycles. The molecule has 1 atom stereocenters. The number of hydrogen-bond donors (Lipinski definition) is 2. The predicted molar refractivity (Wildman–Crippen MR) is 89.3 cm³/mol. The van der Waals surface area contributed by atoms with Crippen LogP contribution in [0.2, 0.25) is 0 Å². The first kappa shape index (κ1) is 24.3. The number of carbonyl (C=O) groups excluding carboxylic acids is 1. The van der Waals surface area contributed by atoms with Crippen molar-refractivity contribution in [2.24, 2.45) is 5.92 Å². The first-order valence-electron chi connectivity index (χ1n) is 8.11. The summed E-state index contributed by atoms with van der Waals surface area (Å²) >= 11 is 0. The largest absolute Gasteiger partial charge is 0.453 e. The molecule has 124 valence electrons. The van der Waals surface area contributed by atoms with Gasteiger partial charge in [-0.2, -0.15) is 0 Å². The second-order valence-electron chi connectivity index (χ2n) is 4.44. The molecule has 0 aliphatic rings. The molecule has 0 aliphatic carbocycles. The van der Waals surface area contributed by atoms with Crippen LogP contribution >= 0.6 is 0 Å². The first-order chi connectivity index (χ1) is 9.61. The van der Waals surface area contributed by atoms with Crippen LogP contribution in [-0.4, -0.2) is 32.8 Å². The van der Waals surface area contributed by atoms with E-state index in [9.17, 15) is 4.79 Å². The number of amides is 1. The van der Waals surface area contributed by atoms with E-state index in [0.29, 0.717) is 5.92 Å². The van der Waals surface area contributed by atoms with Crippen LogP contribution in [0.25, 0.3) is 0 Å². The van der Waals surface area contributed by atoms with Crippen molar-refractivity contribution >= 4 is 6.09 Å². The Kier molecular flexibility index (Phi) is 24.9. The molecular weight excluding hydrogens is 252 g/mol. The van der Waals surface area contributed by atoms with E-state index in [1.807, 2.05) is 34.7 Å². The van der Waals surface area contributed by atoms with Crippen LogP contribution in [0.3, 0.4) is 0 Å². The van der Waals surface area contributed by atoms with E-state index in [1.54, 1.807) is 0 Å². The average molecular weight is 290 g/mol. The van der Waals surface area contributed by atoms with Crippen LogP contribution in [0.1, 0.15) is 67.2 Å². The van der Waals surface area contributed by atoms with Crippen molar-refractivity contribution in [2.45, 2.75) is 73.3 Å². The second-order valence-corrected chi connectivity index (χ2v) is 4.44. The Morgan fingerprint density at radius 3 is 2.00 bits per heavy atom. The quantitative estimate of drug-likeness (QED) is 0.659. The van der Waals surface area contributed by atoms with Crippen LogP contribution in [0.15, 0.2) is 0 Å². The van der Waals surface area contributed by atoms with Crippen LogP contribution in [-0.2, 0) is 4.74 Å². The van der Waals surface area contributed by atoms with Gasteiger partial charge in [0, 0.05) is 6.04 Å². The van der Waals surface area contributed by atoms with E-state index in [1.165, 1.54) is 20.0 Å². The lowest BCUT2D eigenvalue weighted by molar-refractivity contribution is 0.161. The first-order valence-corrected chi connectivity index (χ1v) is 8.11. The van der Waals surface area contributed by atoms with Crippen molar-refractivity contribution in [1.29, 1.82) is 0 Å². The third kappa shape index (κ3) is 17.2. The highest BCUT2D eigenvalue weighted by atomic mass is 16.5. The van der Waals surface area contributed by atoms with Crippen molar-refractivity contribution < 1.29 is 9.53 Å². The summed E-state index contributed by atoms with van der Waals surface area (Å²) in [5, 5.41) is 6.01. The molecule has 1 amide bonds. The Morgan fingerprint density at radius 1 is 1.05 bits per heavy atom. The van der Waals surface area contributed by atoms with Gasteiger partial charge in [0.25, 0.3) is 0 Å². The lowest BCUT2D eigenvalue weighted by Crippen LogP contribution is -2.38. The molecule has 2 N–H and O–H groups in total. The SMILES string of the molecule is CC.CC.CNCCCCCC(NC(=O)OC)C(C)C. The Balaban J connectivity index is -0.000000656. The lowest BCUT2D eigenvalue weighted by atomic mass is 9.98. The zero-order chi connectivity index (χ0) is 16.4. The third-order valence-electron chi connectivity index (χ3n) is 2.74. The lowest BCUT2D eigenvalue weighted by Gasteiger charge is -2.21. The van der Waals surface area contributed by atoms with Gasteiger partial charge in [-0.3, -0.25) is 0 Å². The van der Waals surface area contributed by atoms with E-state index in [0.717, 1.165) is 19.4 Å². The van der Waals surface area contributed by atoms with Crippen molar-refractivity contribution in [3.05, 3.63) is 0 Å². The Morgan fingerprint density at radius 2 is 1.60 bits per heavy atom. The maximum absolute atomic E-state index is 11.1. The smallest absolute Gasteiger partial charge is 0.407 e. The van der Waals surface area contributed by atoms with Crippen LogP contribution in [0.5, 0.6) is 0 Å². The topological polar surface area (TPSA) is 50.4 Å². The molecule has 0 rings (SSSR count). The highest BCUT2D eigenvalue weighted by molar-refractivity contribution is 5.67. The van der Waals surface area contributed by atoms with Gasteiger partial charge in [0.15, 0.2) is 0 Å². The second kappa shape index (κ2) is 20.5. The zero-order valence-corrected chi connectivity index (χ0v) is 15.0. The Bertz CT molecular complexity index is 185. The van der Waals surface area contributed by atoms with Crippen LogP contribution in [0, 0.1) is 5.92 Å². The number of alkyl carbamates (subject to hydrolysis) is 1. The number of nitrogens with one attached hydrogen (secondary N) is 2. The maximum atomic E-state index is 11.1. The molecule has 0 radical (unpaired) electrons. The molecular formula is C16H38N2O2. The van der Waals surface area contributed by atoms with Gasteiger partial charge in [0.1, 0.15) is 0 Å². The molecule has 0 saturated carbocycles. The number of methoxy groups -OCH3 is 1. The minimum atomic E-state index is -0.325. The number of carbonyl (C=O) groups is 1. The fourth-order valence-corrected chi connectivity index (χ4v) is 1.63. The monoisotopic (exact) mass is 290 g/mol. The van der Waals surface area contributed by atoms with E-state index < -0.39 is 0 Å². The van der Waals surface area contributed by atoms with Crippen molar-refractivity contribution in [1.82, 2.24) is 10.6 Å². The fraction of sp³-hybridized carbons (Fsp3) is 0.938. The number of unbranched alkanes of at least 4 members (excludes halogenated alkanes) is 2.